The highest BCUT2D eigenvalue weighted by Crippen LogP contribution is 2.54. The topological polar surface area (TPSA) is 81.7 Å². The highest BCUT2D eigenvalue weighted by Gasteiger charge is 2.48. The Kier molecular flexibility index (Phi) is 7.88. The van der Waals surface area contributed by atoms with Crippen molar-refractivity contribution in [2.24, 2.45) is 10.8 Å². The predicted molar refractivity (Wildman–Crippen MR) is 166 cm³/mol. The summed E-state index contributed by atoms with van der Waals surface area (Å²) in [7, 11) is 0. The Morgan fingerprint density at radius 2 is 1.44 bits per heavy atom. The summed E-state index contributed by atoms with van der Waals surface area (Å²) in [5, 5.41) is 2.90. The number of amides is 1. The Hall–Kier alpha value is -2.71. The van der Waals surface area contributed by atoms with Gasteiger partial charge in [-0.05, 0) is 85.9 Å². The molecule has 2 aliphatic carbocycles. The van der Waals surface area contributed by atoms with Crippen molar-refractivity contribution in [1.29, 1.82) is 0 Å². The fraction of sp³-hybridized carbons (Fsp3) is 0.424. The standard InChI is InChI=1S/C33H35Br2NO5/c1-17-7-8-22(18(2)9-17)36-27(39)16-40-31-20(34)10-19(11-21(31)35)28-29-23(37)12-32(3,4)14-25(29)41-26-15-33(5,6)13-24(38)30(26)28/h7-11,28H,12-16H2,1-6H3,(H,36,39). The van der Waals surface area contributed by atoms with Crippen molar-refractivity contribution in [2.45, 2.75) is 73.1 Å². The molecule has 3 aliphatic rings. The van der Waals surface area contributed by atoms with Crippen LogP contribution in [-0.4, -0.2) is 24.1 Å². The SMILES string of the molecule is Cc1ccc(NC(=O)COc2c(Br)cc(C3C4=C(CC(C)(C)CC4=O)OC4=C3C(=O)CC(C)(C)C4)cc2Br)c(C)c1. The molecule has 216 valence electrons. The van der Waals surface area contributed by atoms with Gasteiger partial charge in [0.1, 0.15) is 17.3 Å². The number of halogens is 2. The minimum absolute atomic E-state index is 0.0149. The van der Waals surface area contributed by atoms with Crippen LogP contribution in [0.4, 0.5) is 5.69 Å². The number of benzene rings is 2. The largest absolute Gasteiger partial charge is 0.481 e. The van der Waals surface area contributed by atoms with Gasteiger partial charge in [-0.1, -0.05) is 45.4 Å². The fourth-order valence-electron chi connectivity index (χ4n) is 6.17. The molecular weight excluding hydrogens is 650 g/mol. The van der Waals surface area contributed by atoms with E-state index in [0.29, 0.717) is 63.0 Å². The summed E-state index contributed by atoms with van der Waals surface area (Å²) in [5.74, 6) is 1.05. The van der Waals surface area contributed by atoms with Gasteiger partial charge >= 0.3 is 0 Å². The first-order valence-electron chi connectivity index (χ1n) is 13.8. The van der Waals surface area contributed by atoms with Crippen LogP contribution in [0.25, 0.3) is 0 Å². The van der Waals surface area contributed by atoms with Gasteiger partial charge in [-0.25, -0.2) is 0 Å². The lowest BCUT2D eigenvalue weighted by atomic mass is 9.65. The number of hydrogen-bond donors (Lipinski definition) is 1. The number of rotatable bonds is 5. The van der Waals surface area contributed by atoms with Gasteiger partial charge in [0, 0.05) is 48.4 Å². The number of nitrogens with one attached hydrogen (secondary N) is 1. The van der Waals surface area contributed by atoms with E-state index < -0.39 is 5.92 Å². The molecule has 41 heavy (non-hydrogen) atoms. The van der Waals surface area contributed by atoms with Crippen LogP contribution in [0.5, 0.6) is 5.75 Å². The summed E-state index contributed by atoms with van der Waals surface area (Å²) >= 11 is 7.25. The van der Waals surface area contributed by atoms with Gasteiger partial charge in [0.2, 0.25) is 0 Å². The molecule has 6 nitrogen and oxygen atoms in total. The number of hydrogen-bond acceptors (Lipinski definition) is 5. The molecule has 0 saturated carbocycles. The summed E-state index contributed by atoms with van der Waals surface area (Å²) in [6.45, 7) is 12.1. The summed E-state index contributed by atoms with van der Waals surface area (Å²) < 4.78 is 13.6. The van der Waals surface area contributed by atoms with Gasteiger partial charge in [0.25, 0.3) is 5.91 Å². The zero-order valence-corrected chi connectivity index (χ0v) is 27.5. The van der Waals surface area contributed by atoms with Gasteiger partial charge < -0.3 is 14.8 Å². The maximum Gasteiger partial charge on any atom is 0.262 e. The molecule has 2 aromatic rings. The summed E-state index contributed by atoms with van der Waals surface area (Å²) in [6.07, 6.45) is 2.06. The van der Waals surface area contributed by atoms with E-state index >= 15 is 0 Å². The maximum absolute atomic E-state index is 13.6. The van der Waals surface area contributed by atoms with Crippen molar-refractivity contribution >= 4 is 55.0 Å². The molecule has 0 fully saturated rings. The van der Waals surface area contributed by atoms with Gasteiger partial charge in [-0.3, -0.25) is 14.4 Å². The number of carbonyl (C=O) groups excluding carboxylic acids is 3. The first-order valence-corrected chi connectivity index (χ1v) is 15.4. The molecule has 8 heteroatoms. The van der Waals surface area contributed by atoms with Crippen molar-refractivity contribution in [3.8, 4) is 5.75 Å². The van der Waals surface area contributed by atoms with E-state index in [-0.39, 0.29) is 34.9 Å². The number of carbonyl (C=O) groups is 3. The predicted octanol–water partition coefficient (Wildman–Crippen LogP) is 8.25. The lowest BCUT2D eigenvalue weighted by Gasteiger charge is -2.42. The molecule has 1 N–H and O–H groups in total. The Morgan fingerprint density at radius 1 is 0.902 bits per heavy atom. The van der Waals surface area contributed by atoms with Crippen LogP contribution in [0.3, 0.4) is 0 Å². The van der Waals surface area contributed by atoms with Crippen LogP contribution < -0.4 is 10.1 Å². The molecule has 0 bridgehead atoms. The van der Waals surface area contributed by atoms with Crippen molar-refractivity contribution < 1.29 is 23.9 Å². The van der Waals surface area contributed by atoms with Crippen LogP contribution in [-0.2, 0) is 19.1 Å². The average molecular weight is 685 g/mol. The van der Waals surface area contributed by atoms with Crippen LogP contribution in [0.2, 0.25) is 0 Å². The highest BCUT2D eigenvalue weighted by atomic mass is 79.9. The number of ether oxygens (including phenoxy) is 2. The Balaban J connectivity index is 1.46. The zero-order chi connectivity index (χ0) is 29.9. The molecule has 0 atom stereocenters. The number of ketones is 2. The number of anilines is 1. The normalized spacial score (nSPS) is 19.9. The van der Waals surface area contributed by atoms with Crippen LogP contribution in [0, 0.1) is 24.7 Å². The molecule has 1 amide bonds. The van der Waals surface area contributed by atoms with Gasteiger partial charge in [-0.2, -0.15) is 0 Å². The van der Waals surface area contributed by atoms with E-state index in [1.165, 1.54) is 0 Å². The van der Waals surface area contributed by atoms with Crippen molar-refractivity contribution in [1.82, 2.24) is 0 Å². The molecule has 0 saturated heterocycles. The fourth-order valence-corrected chi connectivity index (χ4v) is 7.62. The van der Waals surface area contributed by atoms with Crippen molar-refractivity contribution in [3.63, 3.8) is 0 Å². The van der Waals surface area contributed by atoms with E-state index in [0.717, 1.165) is 22.4 Å². The Labute approximate surface area is 258 Å². The lowest BCUT2D eigenvalue weighted by Crippen LogP contribution is -2.37. The number of aryl methyl sites for hydroxylation is 2. The minimum Gasteiger partial charge on any atom is -0.481 e. The van der Waals surface area contributed by atoms with E-state index in [1.807, 2.05) is 44.2 Å². The average Bonchev–Trinajstić information content (AvgIpc) is 2.82. The third-order valence-corrected chi connectivity index (χ3v) is 9.12. The van der Waals surface area contributed by atoms with E-state index in [4.69, 9.17) is 9.47 Å². The maximum atomic E-state index is 13.6. The molecular formula is C33H35Br2NO5. The lowest BCUT2D eigenvalue weighted by molar-refractivity contribution is -0.120. The quantitative estimate of drug-likeness (QED) is 0.343. The van der Waals surface area contributed by atoms with E-state index in [1.54, 1.807) is 0 Å². The molecule has 0 aromatic heterocycles. The Bertz CT molecular complexity index is 1470. The summed E-state index contributed by atoms with van der Waals surface area (Å²) in [6, 6.07) is 9.60. The second-order valence-corrected chi connectivity index (χ2v) is 14.8. The zero-order valence-electron chi connectivity index (χ0n) is 24.3. The smallest absolute Gasteiger partial charge is 0.262 e. The molecule has 1 aliphatic heterocycles. The van der Waals surface area contributed by atoms with Gasteiger partial charge in [0.15, 0.2) is 18.2 Å². The minimum atomic E-state index is -0.518. The molecule has 2 aromatic carbocycles. The van der Waals surface area contributed by atoms with E-state index in [9.17, 15) is 14.4 Å². The first-order chi connectivity index (χ1) is 19.1. The molecule has 0 unspecified atom stereocenters. The Morgan fingerprint density at radius 3 is 1.95 bits per heavy atom. The molecule has 0 spiro atoms. The molecule has 1 heterocycles. The number of allylic oxidation sites excluding steroid dienone is 4. The first kappa shape index (κ1) is 29.8. The molecule has 5 rings (SSSR count). The van der Waals surface area contributed by atoms with E-state index in [2.05, 4.69) is 64.9 Å². The van der Waals surface area contributed by atoms with Gasteiger partial charge in [-0.15, -0.1) is 0 Å². The second kappa shape index (κ2) is 10.8. The van der Waals surface area contributed by atoms with Crippen molar-refractivity contribution in [2.75, 3.05) is 11.9 Å². The summed E-state index contributed by atoms with van der Waals surface area (Å²) in [4.78, 5) is 39.8. The van der Waals surface area contributed by atoms with Gasteiger partial charge in [0.05, 0.1) is 8.95 Å². The third-order valence-electron chi connectivity index (χ3n) is 7.94. The van der Waals surface area contributed by atoms with Crippen molar-refractivity contribution in [3.05, 3.63) is 78.6 Å². The second-order valence-electron chi connectivity index (χ2n) is 13.1. The summed E-state index contributed by atoms with van der Waals surface area (Å²) in [5.41, 5.74) is 4.36. The van der Waals surface area contributed by atoms with Crippen LogP contribution in [0.15, 0.2) is 61.9 Å². The highest BCUT2D eigenvalue weighted by molar-refractivity contribution is 9.11. The van der Waals surface area contributed by atoms with Crippen LogP contribution >= 0.6 is 31.9 Å². The van der Waals surface area contributed by atoms with Crippen LogP contribution in [0.1, 0.15) is 76.0 Å². The number of Topliss-reactive ketones (excluding diaryl/α,β-unsaturated/α-hetero) is 2. The monoisotopic (exact) mass is 683 g/mol. The third kappa shape index (κ3) is 6.09. The molecule has 0 radical (unpaired) electrons.